The van der Waals surface area contributed by atoms with E-state index in [1.165, 1.54) is 17.7 Å². The van der Waals surface area contributed by atoms with Gasteiger partial charge in [-0.05, 0) is 24.3 Å². The molecule has 0 saturated carbocycles. The number of sulfonamides is 1. The monoisotopic (exact) mass is 381 g/mol. The van der Waals surface area contributed by atoms with Crippen LogP contribution in [0, 0.1) is 5.92 Å². The summed E-state index contributed by atoms with van der Waals surface area (Å²) in [5.74, 6) is -0.868. The van der Waals surface area contributed by atoms with Gasteiger partial charge in [0.15, 0.2) is 0 Å². The van der Waals surface area contributed by atoms with Gasteiger partial charge >= 0.3 is 5.97 Å². The van der Waals surface area contributed by atoms with Gasteiger partial charge in [-0.15, -0.1) is 0 Å². The van der Waals surface area contributed by atoms with Crippen LogP contribution < -0.4 is 9.80 Å². The number of nitrogens with zero attached hydrogens (tertiary/aromatic N) is 3. The maximum Gasteiger partial charge on any atom is 0.311 e. The highest BCUT2D eigenvalue weighted by Crippen LogP contribution is 2.28. The van der Waals surface area contributed by atoms with Crippen molar-refractivity contribution in [1.82, 2.24) is 4.31 Å². The molecule has 0 bridgehead atoms. The van der Waals surface area contributed by atoms with Gasteiger partial charge in [0.05, 0.1) is 19.3 Å². The first kappa shape index (κ1) is 18.7. The standard InChI is InChI=1S/C17H23N3O5S/c1-25-17(22)13-11-16(21)20(12-13)15-5-3-14(4-6-15)18-7-9-19(10-8-18)26(2,23)24/h3-6,13H,7-12H2,1-2H3/t13-/m0/s1. The first-order chi connectivity index (χ1) is 12.3. The lowest BCUT2D eigenvalue weighted by molar-refractivity contribution is -0.145. The van der Waals surface area contributed by atoms with Crippen LogP contribution in [0.25, 0.3) is 0 Å². The summed E-state index contributed by atoms with van der Waals surface area (Å²) in [6, 6.07) is 7.56. The second-order valence-corrected chi connectivity index (χ2v) is 8.58. The molecule has 2 saturated heterocycles. The van der Waals surface area contributed by atoms with E-state index in [9.17, 15) is 18.0 Å². The van der Waals surface area contributed by atoms with Crippen LogP contribution in [-0.4, -0.2) is 70.7 Å². The lowest BCUT2D eigenvalue weighted by Crippen LogP contribution is -2.48. The third-order valence-corrected chi connectivity index (χ3v) is 6.20. The number of anilines is 2. The molecule has 2 aliphatic heterocycles. The summed E-state index contributed by atoms with van der Waals surface area (Å²) in [6.45, 7) is 2.51. The zero-order valence-electron chi connectivity index (χ0n) is 14.9. The molecule has 8 nitrogen and oxygen atoms in total. The number of carbonyl (C=O) groups excluding carboxylic acids is 2. The third-order valence-electron chi connectivity index (χ3n) is 4.89. The fourth-order valence-electron chi connectivity index (χ4n) is 3.40. The van der Waals surface area contributed by atoms with Gasteiger partial charge in [0.25, 0.3) is 0 Å². The Labute approximate surface area is 153 Å². The Bertz CT molecular complexity index is 785. The second-order valence-electron chi connectivity index (χ2n) is 6.59. The number of piperazine rings is 1. The number of ether oxygens (including phenoxy) is 1. The highest BCUT2D eigenvalue weighted by Gasteiger charge is 2.35. The van der Waals surface area contributed by atoms with Crippen LogP contribution in [-0.2, 0) is 24.3 Å². The average molecular weight is 381 g/mol. The maximum atomic E-state index is 12.2. The van der Waals surface area contributed by atoms with E-state index in [1.54, 1.807) is 4.90 Å². The fraction of sp³-hybridized carbons (Fsp3) is 0.529. The number of carbonyl (C=O) groups is 2. The summed E-state index contributed by atoms with van der Waals surface area (Å²) >= 11 is 0. The Balaban J connectivity index is 1.64. The molecule has 1 aromatic carbocycles. The molecule has 1 amide bonds. The predicted molar refractivity (Wildman–Crippen MR) is 97.5 cm³/mol. The van der Waals surface area contributed by atoms with E-state index in [0.29, 0.717) is 32.7 Å². The number of benzene rings is 1. The van der Waals surface area contributed by atoms with Gasteiger partial charge in [0.2, 0.25) is 15.9 Å². The predicted octanol–water partition coefficient (Wildman–Crippen LogP) is 0.294. The Kier molecular flexibility index (Phi) is 5.19. The van der Waals surface area contributed by atoms with Crippen molar-refractivity contribution in [3.63, 3.8) is 0 Å². The molecule has 1 atom stereocenters. The van der Waals surface area contributed by atoms with Gasteiger partial charge in [0, 0.05) is 50.5 Å². The highest BCUT2D eigenvalue weighted by atomic mass is 32.2. The van der Waals surface area contributed by atoms with Crippen LogP contribution in [0.1, 0.15) is 6.42 Å². The van der Waals surface area contributed by atoms with Crippen LogP contribution in [0.4, 0.5) is 11.4 Å². The van der Waals surface area contributed by atoms with Crippen molar-refractivity contribution >= 4 is 33.3 Å². The number of rotatable bonds is 4. The molecular weight excluding hydrogens is 358 g/mol. The van der Waals surface area contributed by atoms with Crippen LogP contribution in [0.3, 0.4) is 0 Å². The van der Waals surface area contributed by atoms with E-state index in [-0.39, 0.29) is 18.3 Å². The van der Waals surface area contributed by atoms with E-state index in [4.69, 9.17) is 4.74 Å². The van der Waals surface area contributed by atoms with Crippen molar-refractivity contribution in [3.8, 4) is 0 Å². The zero-order valence-corrected chi connectivity index (χ0v) is 15.7. The normalized spacial score (nSPS) is 21.9. The van der Waals surface area contributed by atoms with Gasteiger partial charge in [-0.3, -0.25) is 9.59 Å². The molecule has 2 heterocycles. The van der Waals surface area contributed by atoms with Crippen LogP contribution in [0.2, 0.25) is 0 Å². The topological polar surface area (TPSA) is 87.2 Å². The number of methoxy groups -OCH3 is 1. The highest BCUT2D eigenvalue weighted by molar-refractivity contribution is 7.88. The summed E-state index contributed by atoms with van der Waals surface area (Å²) in [6.07, 6.45) is 1.40. The maximum absolute atomic E-state index is 12.2. The lowest BCUT2D eigenvalue weighted by atomic mass is 10.1. The summed E-state index contributed by atoms with van der Waals surface area (Å²) < 4.78 is 29.4. The first-order valence-electron chi connectivity index (χ1n) is 8.48. The molecular formula is C17H23N3O5S. The molecule has 0 aliphatic carbocycles. The quantitative estimate of drug-likeness (QED) is 0.697. The average Bonchev–Trinajstić information content (AvgIpc) is 3.02. The number of amides is 1. The summed E-state index contributed by atoms with van der Waals surface area (Å²) in [4.78, 5) is 27.5. The van der Waals surface area contributed by atoms with Gasteiger partial charge in [-0.25, -0.2) is 8.42 Å². The van der Waals surface area contributed by atoms with Crippen molar-refractivity contribution in [2.45, 2.75) is 6.42 Å². The van der Waals surface area contributed by atoms with Crippen molar-refractivity contribution < 1.29 is 22.7 Å². The molecule has 0 spiro atoms. The molecule has 1 aromatic rings. The minimum atomic E-state index is -3.15. The van der Waals surface area contributed by atoms with Crippen molar-refractivity contribution in [2.24, 2.45) is 5.92 Å². The first-order valence-corrected chi connectivity index (χ1v) is 10.3. The summed E-state index contributed by atoms with van der Waals surface area (Å²) in [5.41, 5.74) is 1.73. The number of hydrogen-bond donors (Lipinski definition) is 0. The smallest absolute Gasteiger partial charge is 0.311 e. The van der Waals surface area contributed by atoms with Crippen LogP contribution in [0.5, 0.6) is 0 Å². The zero-order chi connectivity index (χ0) is 18.9. The lowest BCUT2D eigenvalue weighted by Gasteiger charge is -2.34. The van der Waals surface area contributed by atoms with E-state index in [1.807, 2.05) is 24.3 Å². The Hall–Kier alpha value is -2.13. The molecule has 2 aliphatic rings. The SMILES string of the molecule is COC(=O)[C@H]1CC(=O)N(c2ccc(N3CCN(S(C)(=O)=O)CC3)cc2)C1. The largest absolute Gasteiger partial charge is 0.469 e. The van der Waals surface area contributed by atoms with E-state index in [0.717, 1.165) is 11.4 Å². The minimum absolute atomic E-state index is 0.0880. The van der Waals surface area contributed by atoms with E-state index in [2.05, 4.69) is 4.90 Å². The molecule has 2 fully saturated rings. The van der Waals surface area contributed by atoms with Crippen molar-refractivity contribution in [3.05, 3.63) is 24.3 Å². The Morgan fingerprint density at radius 3 is 2.19 bits per heavy atom. The van der Waals surface area contributed by atoms with Crippen molar-refractivity contribution in [2.75, 3.05) is 55.9 Å². The van der Waals surface area contributed by atoms with Crippen molar-refractivity contribution in [1.29, 1.82) is 0 Å². The molecule has 0 N–H and O–H groups in total. The van der Waals surface area contributed by atoms with Crippen LogP contribution in [0.15, 0.2) is 24.3 Å². The number of esters is 1. The van der Waals surface area contributed by atoms with E-state index >= 15 is 0 Å². The third kappa shape index (κ3) is 3.83. The van der Waals surface area contributed by atoms with Gasteiger partial charge in [0.1, 0.15) is 0 Å². The Morgan fingerprint density at radius 1 is 1.08 bits per heavy atom. The summed E-state index contributed by atoms with van der Waals surface area (Å²) in [5, 5.41) is 0. The van der Waals surface area contributed by atoms with Gasteiger partial charge in [-0.1, -0.05) is 0 Å². The molecule has 0 radical (unpaired) electrons. The van der Waals surface area contributed by atoms with Crippen LogP contribution >= 0.6 is 0 Å². The fourth-order valence-corrected chi connectivity index (χ4v) is 4.23. The summed E-state index contributed by atoms with van der Waals surface area (Å²) in [7, 11) is -1.82. The second kappa shape index (κ2) is 7.24. The molecule has 26 heavy (non-hydrogen) atoms. The molecule has 0 unspecified atom stereocenters. The molecule has 9 heteroatoms. The molecule has 142 valence electrons. The number of hydrogen-bond acceptors (Lipinski definition) is 6. The van der Waals surface area contributed by atoms with Gasteiger partial charge < -0.3 is 14.5 Å². The van der Waals surface area contributed by atoms with E-state index < -0.39 is 15.9 Å². The molecule has 0 aromatic heterocycles. The van der Waals surface area contributed by atoms with Gasteiger partial charge in [-0.2, -0.15) is 4.31 Å². The molecule has 3 rings (SSSR count). The Morgan fingerprint density at radius 2 is 1.65 bits per heavy atom. The minimum Gasteiger partial charge on any atom is -0.469 e.